The Morgan fingerprint density at radius 3 is 2.20 bits per heavy atom. The molecule has 20 heavy (non-hydrogen) atoms. The van der Waals surface area contributed by atoms with Gasteiger partial charge in [0.15, 0.2) is 0 Å². The second kappa shape index (κ2) is 6.35. The molecular weight excluding hydrogens is 330 g/mol. The summed E-state index contributed by atoms with van der Waals surface area (Å²) in [5.74, 6) is -2.90. The van der Waals surface area contributed by atoms with Crippen molar-refractivity contribution in [1.82, 2.24) is 5.32 Å². The standard InChI is InChI=1S/C13H10Cl2F3NS/c1-2-19-12(7-5-10(14)20-13(7)15)11-8(17)3-6(16)4-9(11)18/h3-5,12,19H,2H2,1H3. The van der Waals surface area contributed by atoms with E-state index in [1.807, 2.05) is 0 Å². The Hall–Kier alpha value is -0.750. The van der Waals surface area contributed by atoms with Crippen molar-refractivity contribution in [2.75, 3.05) is 6.54 Å². The van der Waals surface area contributed by atoms with E-state index in [0.29, 0.717) is 32.9 Å². The molecule has 0 aliphatic rings. The lowest BCUT2D eigenvalue weighted by atomic mass is 10.00. The largest absolute Gasteiger partial charge is 0.306 e. The molecule has 0 saturated heterocycles. The lowest BCUT2D eigenvalue weighted by Gasteiger charge is -2.19. The maximum absolute atomic E-state index is 13.9. The van der Waals surface area contributed by atoms with Crippen LogP contribution in [0.2, 0.25) is 8.67 Å². The third-order valence-corrected chi connectivity index (χ3v) is 4.25. The number of benzene rings is 1. The average molecular weight is 340 g/mol. The van der Waals surface area contributed by atoms with E-state index in [-0.39, 0.29) is 5.56 Å². The molecule has 0 fully saturated rings. The van der Waals surface area contributed by atoms with Crippen molar-refractivity contribution in [1.29, 1.82) is 0 Å². The number of rotatable bonds is 4. The van der Waals surface area contributed by atoms with Crippen molar-refractivity contribution in [3.8, 4) is 0 Å². The molecule has 0 aliphatic carbocycles. The van der Waals surface area contributed by atoms with E-state index in [9.17, 15) is 13.2 Å². The minimum absolute atomic E-state index is 0.274. The van der Waals surface area contributed by atoms with Crippen LogP contribution in [0, 0.1) is 17.5 Å². The van der Waals surface area contributed by atoms with E-state index in [2.05, 4.69) is 5.32 Å². The molecule has 1 unspecified atom stereocenters. The van der Waals surface area contributed by atoms with Gasteiger partial charge in [-0.2, -0.15) is 0 Å². The Labute approximate surface area is 128 Å². The average Bonchev–Trinajstić information content (AvgIpc) is 2.66. The fourth-order valence-electron chi connectivity index (χ4n) is 1.95. The lowest BCUT2D eigenvalue weighted by Crippen LogP contribution is -2.24. The van der Waals surface area contributed by atoms with Crippen molar-refractivity contribution in [3.63, 3.8) is 0 Å². The molecule has 2 rings (SSSR count). The highest BCUT2D eigenvalue weighted by molar-refractivity contribution is 7.20. The Morgan fingerprint density at radius 2 is 1.75 bits per heavy atom. The molecule has 1 N–H and O–H groups in total. The Morgan fingerprint density at radius 1 is 1.15 bits per heavy atom. The van der Waals surface area contributed by atoms with E-state index in [1.54, 1.807) is 13.0 Å². The van der Waals surface area contributed by atoms with Gasteiger partial charge < -0.3 is 5.32 Å². The molecule has 0 saturated carbocycles. The van der Waals surface area contributed by atoms with E-state index in [0.717, 1.165) is 11.3 Å². The quantitative estimate of drug-likeness (QED) is 0.810. The van der Waals surface area contributed by atoms with Crippen molar-refractivity contribution < 1.29 is 13.2 Å². The summed E-state index contributed by atoms with van der Waals surface area (Å²) >= 11 is 13.0. The van der Waals surface area contributed by atoms with E-state index in [4.69, 9.17) is 23.2 Å². The summed E-state index contributed by atoms with van der Waals surface area (Å²) in [7, 11) is 0. The van der Waals surface area contributed by atoms with Crippen LogP contribution in [0.1, 0.15) is 24.1 Å². The summed E-state index contributed by atoms with van der Waals surface area (Å²) < 4.78 is 41.6. The van der Waals surface area contributed by atoms with Gasteiger partial charge in [-0.05, 0) is 12.6 Å². The second-order valence-corrected chi connectivity index (χ2v) is 6.34. The first-order chi connectivity index (χ1) is 9.43. The van der Waals surface area contributed by atoms with Crippen LogP contribution < -0.4 is 5.32 Å². The van der Waals surface area contributed by atoms with E-state index < -0.39 is 23.5 Å². The summed E-state index contributed by atoms with van der Waals surface area (Å²) in [4.78, 5) is 0. The molecule has 1 aromatic carbocycles. The van der Waals surface area contributed by atoms with Crippen LogP contribution in [-0.2, 0) is 0 Å². The minimum atomic E-state index is -0.966. The fraction of sp³-hybridized carbons (Fsp3) is 0.231. The lowest BCUT2D eigenvalue weighted by molar-refractivity contribution is 0.492. The van der Waals surface area contributed by atoms with E-state index >= 15 is 0 Å². The number of thiophene rings is 1. The van der Waals surface area contributed by atoms with Gasteiger partial charge in [0, 0.05) is 23.3 Å². The zero-order valence-electron chi connectivity index (χ0n) is 10.3. The summed E-state index contributed by atoms with van der Waals surface area (Å²) in [5, 5.41) is 2.93. The fourth-order valence-corrected chi connectivity index (χ4v) is 3.48. The van der Waals surface area contributed by atoms with Gasteiger partial charge in [0.1, 0.15) is 17.5 Å². The molecule has 1 atom stereocenters. The molecule has 1 aromatic heterocycles. The number of hydrogen-bond acceptors (Lipinski definition) is 2. The van der Waals surface area contributed by atoms with Gasteiger partial charge in [0.2, 0.25) is 0 Å². The molecule has 1 heterocycles. The minimum Gasteiger partial charge on any atom is -0.306 e. The van der Waals surface area contributed by atoms with Crippen LogP contribution in [0.5, 0.6) is 0 Å². The summed E-state index contributed by atoms with van der Waals surface area (Å²) in [6, 6.07) is 2.01. The van der Waals surface area contributed by atoms with Crippen molar-refractivity contribution >= 4 is 34.5 Å². The number of hydrogen-bond donors (Lipinski definition) is 1. The highest BCUT2D eigenvalue weighted by Gasteiger charge is 2.25. The first-order valence-electron chi connectivity index (χ1n) is 5.76. The molecule has 0 amide bonds. The normalized spacial score (nSPS) is 12.7. The molecule has 2 aromatic rings. The maximum Gasteiger partial charge on any atom is 0.134 e. The third-order valence-electron chi connectivity index (χ3n) is 2.73. The predicted octanol–water partition coefficient (Wildman–Crippen LogP) is 5.17. The van der Waals surface area contributed by atoms with Crippen molar-refractivity contribution in [3.05, 3.63) is 55.5 Å². The van der Waals surface area contributed by atoms with Gasteiger partial charge in [0.05, 0.1) is 14.7 Å². The van der Waals surface area contributed by atoms with Gasteiger partial charge in [-0.25, -0.2) is 13.2 Å². The number of nitrogens with one attached hydrogen (secondary N) is 1. The molecule has 1 nitrogen and oxygen atoms in total. The maximum atomic E-state index is 13.9. The zero-order valence-corrected chi connectivity index (χ0v) is 12.6. The Balaban J connectivity index is 2.57. The third kappa shape index (κ3) is 3.11. The summed E-state index contributed by atoms with van der Waals surface area (Å²) in [6.45, 7) is 2.24. The molecule has 0 spiro atoms. The topological polar surface area (TPSA) is 12.0 Å². The first kappa shape index (κ1) is 15.6. The molecule has 7 heteroatoms. The zero-order chi connectivity index (χ0) is 14.9. The van der Waals surface area contributed by atoms with Crippen LogP contribution in [0.4, 0.5) is 13.2 Å². The highest BCUT2D eigenvalue weighted by atomic mass is 35.5. The van der Waals surface area contributed by atoms with Crippen LogP contribution in [0.25, 0.3) is 0 Å². The van der Waals surface area contributed by atoms with Crippen LogP contribution in [0.3, 0.4) is 0 Å². The van der Waals surface area contributed by atoms with Gasteiger partial charge >= 0.3 is 0 Å². The summed E-state index contributed by atoms with van der Waals surface area (Å²) in [6.07, 6.45) is 0. The first-order valence-corrected chi connectivity index (χ1v) is 7.33. The molecule has 108 valence electrons. The van der Waals surface area contributed by atoms with Crippen LogP contribution in [-0.4, -0.2) is 6.54 Å². The van der Waals surface area contributed by atoms with Gasteiger partial charge in [-0.15, -0.1) is 11.3 Å². The molecule has 0 radical (unpaired) electrons. The Bertz CT molecular complexity index is 607. The van der Waals surface area contributed by atoms with Gasteiger partial charge in [0.25, 0.3) is 0 Å². The van der Waals surface area contributed by atoms with Crippen molar-refractivity contribution in [2.45, 2.75) is 13.0 Å². The number of halogens is 5. The molecular formula is C13H10Cl2F3NS. The summed E-state index contributed by atoms with van der Waals surface area (Å²) in [5.41, 5.74) is 0.192. The van der Waals surface area contributed by atoms with E-state index in [1.165, 1.54) is 0 Å². The SMILES string of the molecule is CCNC(c1cc(Cl)sc1Cl)c1c(F)cc(F)cc1F. The monoisotopic (exact) mass is 339 g/mol. The molecule has 0 bridgehead atoms. The molecule has 0 aliphatic heterocycles. The van der Waals surface area contributed by atoms with Gasteiger partial charge in [-0.3, -0.25) is 0 Å². The van der Waals surface area contributed by atoms with Gasteiger partial charge in [-0.1, -0.05) is 30.1 Å². The van der Waals surface area contributed by atoms with Crippen LogP contribution in [0.15, 0.2) is 18.2 Å². The smallest absolute Gasteiger partial charge is 0.134 e. The highest BCUT2D eigenvalue weighted by Crippen LogP contribution is 2.38. The van der Waals surface area contributed by atoms with Crippen LogP contribution >= 0.6 is 34.5 Å². The Kier molecular flexibility index (Phi) is 4.96. The second-order valence-electron chi connectivity index (χ2n) is 4.05. The predicted molar refractivity (Wildman–Crippen MR) is 76.2 cm³/mol. The van der Waals surface area contributed by atoms with Crippen molar-refractivity contribution in [2.24, 2.45) is 0 Å².